The highest BCUT2D eigenvalue weighted by Gasteiger charge is 2.33. The van der Waals surface area contributed by atoms with Gasteiger partial charge in [-0.2, -0.15) is 13.2 Å². The lowest BCUT2D eigenvalue weighted by atomic mass is 10.1. The third kappa shape index (κ3) is 5.39. The largest absolute Gasteiger partial charge is 0.416 e. The van der Waals surface area contributed by atoms with Gasteiger partial charge >= 0.3 is 6.18 Å². The van der Waals surface area contributed by atoms with Crippen LogP contribution in [0.1, 0.15) is 18.9 Å². The fourth-order valence-corrected chi connectivity index (χ4v) is 4.06. The van der Waals surface area contributed by atoms with E-state index in [0.717, 1.165) is 28.8 Å². The van der Waals surface area contributed by atoms with Gasteiger partial charge in [-0.1, -0.05) is 30.7 Å². The molecule has 0 aliphatic rings. The van der Waals surface area contributed by atoms with E-state index in [4.69, 9.17) is 11.6 Å². The second-order valence-corrected chi connectivity index (χ2v) is 8.33. The Hall–Kier alpha value is -2.26. The molecule has 0 heterocycles. The fourth-order valence-electron chi connectivity index (χ4n) is 2.67. The van der Waals surface area contributed by atoms with Crippen molar-refractivity contribution >= 4 is 38.9 Å². The summed E-state index contributed by atoms with van der Waals surface area (Å²) in [5.41, 5.74) is -0.827. The van der Waals surface area contributed by atoms with Gasteiger partial charge in [0.15, 0.2) is 0 Å². The first-order chi connectivity index (χ1) is 12.9. The van der Waals surface area contributed by atoms with Gasteiger partial charge in [0, 0.05) is 10.7 Å². The van der Waals surface area contributed by atoms with Crippen LogP contribution in [0, 0.1) is 0 Å². The molecule has 2 rings (SSSR count). The van der Waals surface area contributed by atoms with Crippen LogP contribution in [0.15, 0.2) is 48.5 Å². The minimum atomic E-state index is -4.57. The van der Waals surface area contributed by atoms with E-state index in [1.165, 1.54) is 24.3 Å². The molecule has 0 fully saturated rings. The van der Waals surface area contributed by atoms with Crippen molar-refractivity contribution in [3.8, 4) is 0 Å². The molecular weight excluding hydrogens is 417 g/mol. The molecule has 0 aromatic heterocycles. The predicted octanol–water partition coefficient (Wildman–Crippen LogP) is 4.54. The van der Waals surface area contributed by atoms with Gasteiger partial charge in [0.1, 0.15) is 6.04 Å². The van der Waals surface area contributed by atoms with Crippen LogP contribution in [-0.2, 0) is 21.0 Å². The number of anilines is 2. The van der Waals surface area contributed by atoms with Gasteiger partial charge in [0.05, 0.1) is 17.5 Å². The summed E-state index contributed by atoms with van der Waals surface area (Å²) in [6.07, 6.45) is -3.54. The van der Waals surface area contributed by atoms with Crippen LogP contribution >= 0.6 is 11.6 Å². The minimum Gasteiger partial charge on any atom is -0.324 e. The number of benzene rings is 2. The zero-order valence-corrected chi connectivity index (χ0v) is 16.6. The lowest BCUT2D eigenvalue weighted by molar-refractivity contribution is -0.137. The smallest absolute Gasteiger partial charge is 0.324 e. The van der Waals surface area contributed by atoms with E-state index in [0.29, 0.717) is 0 Å². The fraction of sp³-hybridized carbons (Fsp3) is 0.278. The van der Waals surface area contributed by atoms with Crippen molar-refractivity contribution in [2.24, 2.45) is 0 Å². The molecule has 0 saturated carbocycles. The second kappa shape index (κ2) is 8.40. The standard InChI is InChI=1S/C18H18ClF3N2O3S/c1-3-16(24(28(2,26)27)15-9-5-7-13(19)11-15)17(25)23-14-8-4-6-12(10-14)18(20,21)22/h4-11,16H,3H2,1-2H3,(H,23,25). The summed E-state index contributed by atoms with van der Waals surface area (Å²) >= 11 is 5.93. The van der Waals surface area contributed by atoms with Crippen molar-refractivity contribution in [1.29, 1.82) is 0 Å². The maximum atomic E-state index is 12.9. The number of carbonyl (C=O) groups excluding carboxylic acids is 1. The molecule has 2 aromatic rings. The third-order valence-corrected chi connectivity index (χ3v) is 5.26. The van der Waals surface area contributed by atoms with E-state index in [1.807, 2.05) is 0 Å². The van der Waals surface area contributed by atoms with E-state index in [-0.39, 0.29) is 22.8 Å². The molecule has 28 heavy (non-hydrogen) atoms. The Morgan fingerprint density at radius 2 is 1.82 bits per heavy atom. The van der Waals surface area contributed by atoms with Crippen molar-refractivity contribution < 1.29 is 26.4 Å². The predicted molar refractivity (Wildman–Crippen MR) is 103 cm³/mol. The van der Waals surface area contributed by atoms with E-state index in [1.54, 1.807) is 13.0 Å². The lowest BCUT2D eigenvalue weighted by Gasteiger charge is -2.30. The maximum Gasteiger partial charge on any atom is 0.416 e. The number of hydrogen-bond acceptors (Lipinski definition) is 3. The van der Waals surface area contributed by atoms with Gasteiger partial charge in [-0.15, -0.1) is 0 Å². The molecule has 5 nitrogen and oxygen atoms in total. The third-order valence-electron chi connectivity index (χ3n) is 3.85. The number of halogens is 4. The number of hydrogen-bond donors (Lipinski definition) is 1. The number of rotatable bonds is 6. The van der Waals surface area contributed by atoms with Crippen LogP contribution in [0.2, 0.25) is 5.02 Å². The highest BCUT2D eigenvalue weighted by atomic mass is 35.5. The number of nitrogens with one attached hydrogen (secondary N) is 1. The normalized spacial score (nSPS) is 13.1. The summed E-state index contributed by atoms with van der Waals surface area (Å²) in [7, 11) is -3.88. The molecule has 152 valence electrons. The van der Waals surface area contributed by atoms with Gasteiger partial charge in [-0.3, -0.25) is 9.10 Å². The van der Waals surface area contributed by atoms with Gasteiger partial charge in [0.2, 0.25) is 15.9 Å². The Morgan fingerprint density at radius 1 is 1.18 bits per heavy atom. The summed E-state index contributed by atoms with van der Waals surface area (Å²) in [6.45, 7) is 1.60. The van der Waals surface area contributed by atoms with Crippen LogP contribution < -0.4 is 9.62 Å². The quantitative estimate of drug-likeness (QED) is 0.725. The number of sulfonamides is 1. The van der Waals surface area contributed by atoms with Crippen LogP contribution in [0.3, 0.4) is 0 Å². The van der Waals surface area contributed by atoms with Crippen LogP contribution in [0.4, 0.5) is 24.5 Å². The first-order valence-electron chi connectivity index (χ1n) is 8.16. The van der Waals surface area contributed by atoms with Crippen molar-refractivity contribution in [2.75, 3.05) is 15.9 Å². The van der Waals surface area contributed by atoms with E-state index >= 15 is 0 Å². The molecule has 1 amide bonds. The van der Waals surface area contributed by atoms with Crippen molar-refractivity contribution in [2.45, 2.75) is 25.6 Å². The Morgan fingerprint density at radius 3 is 2.36 bits per heavy atom. The average Bonchev–Trinajstić information content (AvgIpc) is 2.57. The van der Waals surface area contributed by atoms with E-state index < -0.39 is 33.7 Å². The van der Waals surface area contributed by atoms with Crippen LogP contribution in [-0.4, -0.2) is 26.6 Å². The molecule has 0 radical (unpaired) electrons. The molecule has 0 aliphatic heterocycles. The molecular formula is C18H18ClF3N2O3S. The van der Waals surface area contributed by atoms with Crippen molar-refractivity contribution in [1.82, 2.24) is 0 Å². The summed E-state index contributed by atoms with van der Waals surface area (Å²) in [4.78, 5) is 12.7. The number of amides is 1. The molecule has 1 N–H and O–H groups in total. The van der Waals surface area contributed by atoms with E-state index in [9.17, 15) is 26.4 Å². The SMILES string of the molecule is CCC(C(=O)Nc1cccc(C(F)(F)F)c1)N(c1cccc(Cl)c1)S(C)(=O)=O. The van der Waals surface area contributed by atoms with Gasteiger partial charge in [-0.25, -0.2) is 8.42 Å². The lowest BCUT2D eigenvalue weighted by Crippen LogP contribution is -2.47. The molecule has 1 atom stereocenters. The maximum absolute atomic E-state index is 12.9. The Bertz CT molecular complexity index is 965. The minimum absolute atomic E-state index is 0.0854. The second-order valence-electron chi connectivity index (χ2n) is 6.03. The molecule has 0 bridgehead atoms. The molecule has 2 aromatic carbocycles. The Labute approximate surface area is 166 Å². The monoisotopic (exact) mass is 434 g/mol. The zero-order valence-electron chi connectivity index (χ0n) is 15.0. The number of nitrogens with zero attached hydrogens (tertiary/aromatic N) is 1. The zero-order chi connectivity index (χ0) is 21.1. The average molecular weight is 435 g/mol. The molecule has 0 spiro atoms. The van der Waals surface area contributed by atoms with Crippen molar-refractivity contribution in [3.05, 3.63) is 59.1 Å². The summed E-state index contributed by atoms with van der Waals surface area (Å²) in [5.74, 6) is -0.757. The van der Waals surface area contributed by atoms with E-state index in [2.05, 4.69) is 5.32 Å². The number of alkyl halides is 3. The highest BCUT2D eigenvalue weighted by molar-refractivity contribution is 7.92. The van der Waals surface area contributed by atoms with Gasteiger partial charge in [-0.05, 0) is 42.8 Å². The van der Waals surface area contributed by atoms with Gasteiger partial charge < -0.3 is 5.32 Å². The Kier molecular flexibility index (Phi) is 6.61. The summed E-state index contributed by atoms with van der Waals surface area (Å²) in [5, 5.41) is 2.64. The summed E-state index contributed by atoms with van der Waals surface area (Å²) in [6, 6.07) is 8.90. The number of carbonyl (C=O) groups is 1. The molecule has 1 unspecified atom stereocenters. The molecule has 0 saturated heterocycles. The topological polar surface area (TPSA) is 66.5 Å². The van der Waals surface area contributed by atoms with Crippen molar-refractivity contribution in [3.63, 3.8) is 0 Å². The van der Waals surface area contributed by atoms with Gasteiger partial charge in [0.25, 0.3) is 0 Å². The highest BCUT2D eigenvalue weighted by Crippen LogP contribution is 2.31. The van der Waals surface area contributed by atoms with Crippen LogP contribution in [0.5, 0.6) is 0 Å². The summed E-state index contributed by atoms with van der Waals surface area (Å²) < 4.78 is 64.2. The first-order valence-corrected chi connectivity index (χ1v) is 10.4. The molecule has 10 heteroatoms. The Balaban J connectivity index is 2.37. The first kappa shape index (κ1) is 22.0. The van der Waals surface area contributed by atoms with Crippen LogP contribution in [0.25, 0.3) is 0 Å². The molecule has 0 aliphatic carbocycles.